The van der Waals surface area contributed by atoms with Gasteiger partial charge in [-0.2, -0.15) is 0 Å². The first-order valence-corrected chi connectivity index (χ1v) is 10.3. The number of halogens is 2. The maximum absolute atomic E-state index is 13.3. The fourth-order valence-corrected chi connectivity index (χ4v) is 3.45. The zero-order valence-corrected chi connectivity index (χ0v) is 19.7. The number of aliphatic imine (C=N–C) groups is 1. The summed E-state index contributed by atoms with van der Waals surface area (Å²) in [6.45, 7) is 5.53. The van der Waals surface area contributed by atoms with E-state index in [1.54, 1.807) is 12.1 Å². The topological polar surface area (TPSA) is 56.7 Å². The zero-order chi connectivity index (χ0) is 20.5. The van der Waals surface area contributed by atoms with Gasteiger partial charge in [0.05, 0.1) is 6.54 Å². The molecule has 0 unspecified atom stereocenters. The Morgan fingerprint density at radius 2 is 1.87 bits per heavy atom. The van der Waals surface area contributed by atoms with Crippen LogP contribution in [0.15, 0.2) is 53.5 Å². The van der Waals surface area contributed by atoms with Gasteiger partial charge in [-0.1, -0.05) is 36.4 Å². The molecule has 5 nitrogen and oxygen atoms in total. The molecule has 1 amide bonds. The first kappa shape index (κ1) is 24.1. The molecule has 1 aliphatic rings. The van der Waals surface area contributed by atoms with Crippen molar-refractivity contribution >= 4 is 35.8 Å². The molecule has 7 heteroatoms. The summed E-state index contributed by atoms with van der Waals surface area (Å²) in [7, 11) is 0. The van der Waals surface area contributed by atoms with E-state index in [1.165, 1.54) is 6.07 Å². The van der Waals surface area contributed by atoms with Crippen LogP contribution in [0.2, 0.25) is 0 Å². The molecule has 0 aliphatic carbocycles. The van der Waals surface area contributed by atoms with E-state index in [1.807, 2.05) is 24.0 Å². The van der Waals surface area contributed by atoms with Gasteiger partial charge in [0, 0.05) is 32.6 Å². The van der Waals surface area contributed by atoms with Crippen LogP contribution < -0.4 is 10.6 Å². The summed E-state index contributed by atoms with van der Waals surface area (Å²) in [5.74, 6) is 0.771. The van der Waals surface area contributed by atoms with Gasteiger partial charge in [-0.25, -0.2) is 9.38 Å². The van der Waals surface area contributed by atoms with Crippen LogP contribution in [-0.4, -0.2) is 36.4 Å². The molecule has 1 saturated heterocycles. The number of likely N-dealkylation sites (tertiary alicyclic amines) is 1. The summed E-state index contributed by atoms with van der Waals surface area (Å²) in [5, 5.41) is 6.54. The third-order valence-corrected chi connectivity index (χ3v) is 4.90. The number of nitrogens with zero attached hydrogens (tertiary/aromatic N) is 2. The van der Waals surface area contributed by atoms with Gasteiger partial charge in [0.2, 0.25) is 5.91 Å². The van der Waals surface area contributed by atoms with Crippen molar-refractivity contribution in [3.8, 4) is 0 Å². The Labute approximate surface area is 195 Å². The predicted octanol–water partition coefficient (Wildman–Crippen LogP) is 3.86. The smallest absolute Gasteiger partial charge is 0.222 e. The van der Waals surface area contributed by atoms with Gasteiger partial charge in [0.15, 0.2) is 5.96 Å². The second kappa shape index (κ2) is 12.5. The minimum absolute atomic E-state index is 0. The van der Waals surface area contributed by atoms with E-state index in [9.17, 15) is 9.18 Å². The largest absolute Gasteiger partial charge is 0.357 e. The van der Waals surface area contributed by atoms with Gasteiger partial charge < -0.3 is 15.5 Å². The lowest BCUT2D eigenvalue weighted by molar-refractivity contribution is -0.128. The van der Waals surface area contributed by atoms with Crippen LogP contribution in [0, 0.1) is 5.82 Å². The summed E-state index contributed by atoms with van der Waals surface area (Å²) in [4.78, 5) is 18.4. The molecule has 0 aromatic heterocycles. The number of rotatable bonds is 8. The molecule has 1 heterocycles. The number of benzene rings is 2. The van der Waals surface area contributed by atoms with Crippen molar-refractivity contribution in [3.05, 3.63) is 71.0 Å². The van der Waals surface area contributed by atoms with Gasteiger partial charge in [-0.3, -0.25) is 4.79 Å². The zero-order valence-electron chi connectivity index (χ0n) is 17.4. The summed E-state index contributed by atoms with van der Waals surface area (Å²) in [6, 6.07) is 14.9. The average Bonchev–Trinajstić information content (AvgIpc) is 3.11. The SMILES string of the molecule is CCNC(=NCc1cccc(CN2CCCC2=O)c1)NCCc1cccc(F)c1.I. The van der Waals surface area contributed by atoms with Crippen LogP contribution in [0.1, 0.15) is 36.5 Å². The summed E-state index contributed by atoms with van der Waals surface area (Å²) in [6.07, 6.45) is 2.34. The third-order valence-electron chi connectivity index (χ3n) is 4.90. The van der Waals surface area contributed by atoms with E-state index in [0.29, 0.717) is 26.1 Å². The van der Waals surface area contributed by atoms with Crippen molar-refractivity contribution in [3.63, 3.8) is 0 Å². The number of carbonyl (C=O) groups is 1. The minimum atomic E-state index is -0.210. The van der Waals surface area contributed by atoms with Gasteiger partial charge in [-0.15, -0.1) is 24.0 Å². The molecule has 0 atom stereocenters. The highest BCUT2D eigenvalue weighted by molar-refractivity contribution is 14.0. The Balaban J connectivity index is 0.00000320. The highest BCUT2D eigenvalue weighted by Crippen LogP contribution is 2.15. The quantitative estimate of drug-likeness (QED) is 0.313. The van der Waals surface area contributed by atoms with Crippen molar-refractivity contribution in [1.82, 2.24) is 15.5 Å². The first-order valence-electron chi connectivity index (χ1n) is 10.3. The molecule has 162 valence electrons. The predicted molar refractivity (Wildman–Crippen MR) is 129 cm³/mol. The van der Waals surface area contributed by atoms with Gasteiger partial charge >= 0.3 is 0 Å². The molecular formula is C23H30FIN4O. The first-order chi connectivity index (χ1) is 14.1. The molecule has 0 radical (unpaired) electrons. The van der Waals surface area contributed by atoms with Crippen molar-refractivity contribution in [2.75, 3.05) is 19.6 Å². The average molecular weight is 524 g/mol. The molecule has 2 aromatic carbocycles. The lowest BCUT2D eigenvalue weighted by Crippen LogP contribution is -2.38. The number of amides is 1. The van der Waals surface area contributed by atoms with E-state index in [-0.39, 0.29) is 35.7 Å². The Hall–Kier alpha value is -2.16. The van der Waals surface area contributed by atoms with Gasteiger partial charge in [-0.05, 0) is 48.6 Å². The Bertz CT molecular complexity index is 859. The van der Waals surface area contributed by atoms with E-state index in [2.05, 4.69) is 33.8 Å². The Morgan fingerprint density at radius 3 is 2.60 bits per heavy atom. The van der Waals surface area contributed by atoms with Crippen LogP contribution in [0.25, 0.3) is 0 Å². The standard InChI is InChI=1S/C23H29FN4O.HI/c1-2-25-23(26-12-11-18-6-4-9-21(24)15-18)27-16-19-7-3-8-20(14-19)17-28-13-5-10-22(28)29;/h3-4,6-9,14-15H,2,5,10-13,16-17H2,1H3,(H2,25,26,27);1H. The van der Waals surface area contributed by atoms with Crippen molar-refractivity contribution in [1.29, 1.82) is 0 Å². The second-order valence-corrected chi connectivity index (χ2v) is 7.24. The summed E-state index contributed by atoms with van der Waals surface area (Å²) < 4.78 is 13.3. The van der Waals surface area contributed by atoms with Crippen LogP contribution >= 0.6 is 24.0 Å². The maximum Gasteiger partial charge on any atom is 0.222 e. The maximum atomic E-state index is 13.3. The van der Waals surface area contributed by atoms with E-state index < -0.39 is 0 Å². The monoisotopic (exact) mass is 524 g/mol. The Kier molecular flexibility index (Phi) is 10.1. The third kappa shape index (κ3) is 7.59. The van der Waals surface area contributed by atoms with Crippen molar-refractivity contribution in [2.45, 2.75) is 39.3 Å². The Morgan fingerprint density at radius 1 is 1.10 bits per heavy atom. The molecule has 1 fully saturated rings. The summed E-state index contributed by atoms with van der Waals surface area (Å²) >= 11 is 0. The minimum Gasteiger partial charge on any atom is -0.357 e. The highest BCUT2D eigenvalue weighted by Gasteiger charge is 2.19. The molecule has 3 rings (SSSR count). The number of nitrogens with one attached hydrogen (secondary N) is 2. The van der Waals surface area contributed by atoms with Crippen LogP contribution in [0.4, 0.5) is 4.39 Å². The molecule has 0 saturated carbocycles. The van der Waals surface area contributed by atoms with Crippen LogP contribution in [-0.2, 0) is 24.3 Å². The molecule has 30 heavy (non-hydrogen) atoms. The highest BCUT2D eigenvalue weighted by atomic mass is 127. The summed E-state index contributed by atoms with van der Waals surface area (Å²) in [5.41, 5.74) is 3.20. The van der Waals surface area contributed by atoms with Crippen LogP contribution in [0.3, 0.4) is 0 Å². The fraction of sp³-hybridized carbons (Fsp3) is 0.391. The van der Waals surface area contributed by atoms with E-state index >= 15 is 0 Å². The van der Waals surface area contributed by atoms with Crippen LogP contribution in [0.5, 0.6) is 0 Å². The molecular weight excluding hydrogens is 494 g/mol. The molecule has 0 spiro atoms. The van der Waals surface area contributed by atoms with Gasteiger partial charge in [0.25, 0.3) is 0 Å². The lowest BCUT2D eigenvalue weighted by Gasteiger charge is -2.16. The second-order valence-electron chi connectivity index (χ2n) is 7.24. The van der Waals surface area contributed by atoms with E-state index in [4.69, 9.17) is 0 Å². The van der Waals surface area contributed by atoms with Gasteiger partial charge in [0.1, 0.15) is 5.82 Å². The normalized spacial score (nSPS) is 13.9. The lowest BCUT2D eigenvalue weighted by atomic mass is 10.1. The van der Waals surface area contributed by atoms with Crippen molar-refractivity contribution in [2.24, 2.45) is 4.99 Å². The fourth-order valence-electron chi connectivity index (χ4n) is 3.45. The number of hydrogen-bond donors (Lipinski definition) is 2. The number of guanidine groups is 1. The van der Waals surface area contributed by atoms with Crippen molar-refractivity contribution < 1.29 is 9.18 Å². The molecule has 0 bridgehead atoms. The molecule has 2 aromatic rings. The number of hydrogen-bond acceptors (Lipinski definition) is 2. The number of carbonyl (C=O) groups excluding carboxylic acids is 1. The van der Waals surface area contributed by atoms with E-state index in [0.717, 1.165) is 48.6 Å². The molecule has 1 aliphatic heterocycles. The molecule has 2 N–H and O–H groups in total.